The van der Waals surface area contributed by atoms with Gasteiger partial charge in [-0.15, -0.1) is 0 Å². The lowest BCUT2D eigenvalue weighted by atomic mass is 10.2. The summed E-state index contributed by atoms with van der Waals surface area (Å²) in [6.07, 6.45) is 2.55. The summed E-state index contributed by atoms with van der Waals surface area (Å²) >= 11 is 0. The highest BCUT2D eigenvalue weighted by Crippen LogP contribution is 2.29. The number of ether oxygens (including phenoxy) is 2. The molecule has 2 aromatic carbocycles. The molecule has 0 aliphatic heterocycles. The molecule has 0 fully saturated rings. The molecule has 116 valence electrons. The first-order valence-electron chi connectivity index (χ1n) is 7.28. The molecular weight excluding hydrogens is 278 g/mol. The quantitative estimate of drug-likeness (QED) is 0.811. The lowest BCUT2D eigenvalue weighted by Crippen LogP contribution is -1.95. The molecule has 0 atom stereocenters. The molecular formula is C18H21NO3. The summed E-state index contributed by atoms with van der Waals surface area (Å²) in [5.74, 6) is 1.50. The number of rotatable bonds is 6. The molecule has 0 bridgehead atoms. The van der Waals surface area contributed by atoms with Crippen LogP contribution in [0.15, 0.2) is 41.4 Å². The van der Waals surface area contributed by atoms with Crippen LogP contribution in [0, 0.1) is 6.92 Å². The summed E-state index contributed by atoms with van der Waals surface area (Å²) in [6.45, 7) is 4.67. The van der Waals surface area contributed by atoms with Gasteiger partial charge in [0.1, 0.15) is 22.9 Å². The van der Waals surface area contributed by atoms with Crippen molar-refractivity contribution in [3.05, 3.63) is 47.5 Å². The number of phenols is 1. The van der Waals surface area contributed by atoms with E-state index in [1.165, 1.54) is 0 Å². The SMILES string of the molecule is CCCOc1ccc(C=Nc2cc(C)ccc2OC)c(O)c1. The number of aliphatic imine (C=N–C) groups is 1. The van der Waals surface area contributed by atoms with E-state index in [-0.39, 0.29) is 5.75 Å². The Kier molecular flexibility index (Phi) is 5.42. The average Bonchev–Trinajstić information content (AvgIpc) is 2.52. The van der Waals surface area contributed by atoms with Gasteiger partial charge >= 0.3 is 0 Å². The maximum absolute atomic E-state index is 10.0. The van der Waals surface area contributed by atoms with Gasteiger partial charge in [0, 0.05) is 17.8 Å². The van der Waals surface area contributed by atoms with Gasteiger partial charge in [-0.3, -0.25) is 4.99 Å². The minimum atomic E-state index is 0.143. The Bertz CT molecular complexity index is 665. The smallest absolute Gasteiger partial charge is 0.144 e. The first kappa shape index (κ1) is 15.9. The Morgan fingerprint density at radius 1 is 1.18 bits per heavy atom. The van der Waals surface area contributed by atoms with Gasteiger partial charge in [0.25, 0.3) is 0 Å². The van der Waals surface area contributed by atoms with Gasteiger partial charge in [-0.05, 0) is 43.2 Å². The molecule has 0 saturated carbocycles. The zero-order chi connectivity index (χ0) is 15.9. The third kappa shape index (κ3) is 4.01. The second-order valence-corrected chi connectivity index (χ2v) is 5.00. The third-order valence-corrected chi connectivity index (χ3v) is 3.15. The van der Waals surface area contributed by atoms with E-state index in [9.17, 15) is 5.11 Å². The molecule has 0 heterocycles. The van der Waals surface area contributed by atoms with E-state index in [0.29, 0.717) is 23.7 Å². The Morgan fingerprint density at radius 2 is 2.00 bits per heavy atom. The lowest BCUT2D eigenvalue weighted by molar-refractivity contribution is 0.315. The highest BCUT2D eigenvalue weighted by atomic mass is 16.5. The first-order valence-corrected chi connectivity index (χ1v) is 7.28. The van der Waals surface area contributed by atoms with Crippen LogP contribution in [0.1, 0.15) is 24.5 Å². The Morgan fingerprint density at radius 3 is 2.68 bits per heavy atom. The minimum absolute atomic E-state index is 0.143. The van der Waals surface area contributed by atoms with E-state index >= 15 is 0 Å². The van der Waals surface area contributed by atoms with Crippen molar-refractivity contribution in [2.45, 2.75) is 20.3 Å². The topological polar surface area (TPSA) is 51.0 Å². The monoisotopic (exact) mass is 299 g/mol. The largest absolute Gasteiger partial charge is 0.507 e. The number of nitrogens with zero attached hydrogens (tertiary/aromatic N) is 1. The van der Waals surface area contributed by atoms with Gasteiger partial charge in [0.15, 0.2) is 0 Å². The molecule has 0 amide bonds. The number of benzene rings is 2. The Hall–Kier alpha value is -2.49. The second-order valence-electron chi connectivity index (χ2n) is 5.00. The molecule has 0 spiro atoms. The van der Waals surface area contributed by atoms with Gasteiger partial charge < -0.3 is 14.6 Å². The molecule has 0 saturated heterocycles. The van der Waals surface area contributed by atoms with Crippen LogP contribution in [0.5, 0.6) is 17.2 Å². The maximum Gasteiger partial charge on any atom is 0.144 e. The van der Waals surface area contributed by atoms with Crippen molar-refractivity contribution in [1.82, 2.24) is 0 Å². The van der Waals surface area contributed by atoms with Crippen LogP contribution < -0.4 is 9.47 Å². The standard InChI is InChI=1S/C18H21NO3/c1-4-9-22-15-7-6-14(17(20)11-15)12-19-16-10-13(2)5-8-18(16)21-3/h5-8,10-12,20H,4,9H2,1-3H3. The van der Waals surface area contributed by atoms with Crippen molar-refractivity contribution in [1.29, 1.82) is 0 Å². The molecule has 0 radical (unpaired) electrons. The molecule has 22 heavy (non-hydrogen) atoms. The van der Waals surface area contributed by atoms with Crippen LogP contribution >= 0.6 is 0 Å². The van der Waals surface area contributed by atoms with E-state index in [4.69, 9.17) is 9.47 Å². The molecule has 0 aromatic heterocycles. The van der Waals surface area contributed by atoms with E-state index < -0.39 is 0 Å². The number of aryl methyl sites for hydroxylation is 1. The number of aromatic hydroxyl groups is 1. The molecule has 0 aliphatic rings. The third-order valence-electron chi connectivity index (χ3n) is 3.15. The minimum Gasteiger partial charge on any atom is -0.507 e. The van der Waals surface area contributed by atoms with E-state index in [1.54, 1.807) is 25.5 Å². The molecule has 4 heteroatoms. The fourth-order valence-corrected chi connectivity index (χ4v) is 1.98. The molecule has 0 aliphatic carbocycles. The molecule has 2 aromatic rings. The van der Waals surface area contributed by atoms with Crippen molar-refractivity contribution < 1.29 is 14.6 Å². The zero-order valence-electron chi connectivity index (χ0n) is 13.2. The fraction of sp³-hybridized carbons (Fsp3) is 0.278. The number of phenolic OH excluding ortho intramolecular Hbond substituents is 1. The normalized spacial score (nSPS) is 10.9. The summed E-state index contributed by atoms with van der Waals surface area (Å²) in [7, 11) is 1.61. The van der Waals surface area contributed by atoms with Gasteiger partial charge in [-0.1, -0.05) is 13.0 Å². The Balaban J connectivity index is 2.21. The number of hydrogen-bond donors (Lipinski definition) is 1. The van der Waals surface area contributed by atoms with Gasteiger partial charge in [-0.25, -0.2) is 0 Å². The van der Waals surface area contributed by atoms with Crippen LogP contribution in [0.25, 0.3) is 0 Å². The highest BCUT2D eigenvalue weighted by molar-refractivity contribution is 5.86. The number of methoxy groups -OCH3 is 1. The summed E-state index contributed by atoms with van der Waals surface area (Å²) in [5, 5.41) is 10.0. The van der Waals surface area contributed by atoms with E-state index in [2.05, 4.69) is 4.99 Å². The van der Waals surface area contributed by atoms with Gasteiger partial charge in [0.05, 0.1) is 13.7 Å². The maximum atomic E-state index is 10.0. The van der Waals surface area contributed by atoms with E-state index in [1.807, 2.05) is 38.1 Å². The number of hydrogen-bond acceptors (Lipinski definition) is 4. The fourth-order valence-electron chi connectivity index (χ4n) is 1.98. The van der Waals surface area contributed by atoms with Gasteiger partial charge in [-0.2, -0.15) is 0 Å². The van der Waals surface area contributed by atoms with Crippen LogP contribution in [0.3, 0.4) is 0 Å². The first-order chi connectivity index (χ1) is 10.6. The molecule has 2 rings (SSSR count). The van der Waals surface area contributed by atoms with Crippen molar-refractivity contribution in [3.8, 4) is 17.2 Å². The Labute approximate surface area is 131 Å². The van der Waals surface area contributed by atoms with Crippen molar-refractivity contribution >= 4 is 11.9 Å². The summed E-state index contributed by atoms with van der Waals surface area (Å²) in [5.41, 5.74) is 2.46. The van der Waals surface area contributed by atoms with Crippen LogP contribution in [-0.2, 0) is 0 Å². The van der Waals surface area contributed by atoms with Crippen molar-refractivity contribution in [2.24, 2.45) is 4.99 Å². The van der Waals surface area contributed by atoms with E-state index in [0.717, 1.165) is 17.7 Å². The molecule has 4 nitrogen and oxygen atoms in total. The molecule has 1 N–H and O–H groups in total. The highest BCUT2D eigenvalue weighted by Gasteiger charge is 2.04. The predicted molar refractivity (Wildman–Crippen MR) is 88.9 cm³/mol. The summed E-state index contributed by atoms with van der Waals surface area (Å²) in [4.78, 5) is 4.41. The lowest BCUT2D eigenvalue weighted by Gasteiger charge is -2.07. The molecule has 0 unspecified atom stereocenters. The summed E-state index contributed by atoms with van der Waals surface area (Å²) in [6, 6.07) is 11.0. The van der Waals surface area contributed by atoms with Crippen LogP contribution in [0.2, 0.25) is 0 Å². The zero-order valence-corrected chi connectivity index (χ0v) is 13.2. The average molecular weight is 299 g/mol. The van der Waals surface area contributed by atoms with Crippen molar-refractivity contribution in [2.75, 3.05) is 13.7 Å². The summed E-state index contributed by atoms with van der Waals surface area (Å²) < 4.78 is 10.8. The van der Waals surface area contributed by atoms with Gasteiger partial charge in [0.2, 0.25) is 0 Å². The predicted octanol–water partition coefficient (Wildman–Crippen LogP) is 4.25. The van der Waals surface area contributed by atoms with Crippen molar-refractivity contribution in [3.63, 3.8) is 0 Å². The van der Waals surface area contributed by atoms with Crippen LogP contribution in [0.4, 0.5) is 5.69 Å². The second kappa shape index (κ2) is 7.50. The van der Waals surface area contributed by atoms with Crippen LogP contribution in [-0.4, -0.2) is 25.0 Å².